The summed E-state index contributed by atoms with van der Waals surface area (Å²) < 4.78 is 12.3. The monoisotopic (exact) mass is 396 g/mol. The molecule has 0 spiro atoms. The summed E-state index contributed by atoms with van der Waals surface area (Å²) in [6.07, 6.45) is 0. The number of carbonyl (C=O) groups excluding carboxylic acids is 1. The summed E-state index contributed by atoms with van der Waals surface area (Å²) in [6, 6.07) is 10.0. The Hall–Kier alpha value is -3.73. The van der Waals surface area contributed by atoms with Crippen molar-refractivity contribution < 1.29 is 13.6 Å². The van der Waals surface area contributed by atoms with Crippen LogP contribution in [0.3, 0.4) is 0 Å². The van der Waals surface area contributed by atoms with E-state index in [9.17, 15) is 14.4 Å². The van der Waals surface area contributed by atoms with E-state index in [1.807, 2.05) is 12.1 Å². The van der Waals surface area contributed by atoms with Crippen LogP contribution < -0.4 is 10.9 Å². The predicted octanol–water partition coefficient (Wildman–Crippen LogP) is 5.56. The van der Waals surface area contributed by atoms with E-state index in [0.29, 0.717) is 49.4 Å². The third-order valence-corrected chi connectivity index (χ3v) is 6.04. The lowest BCUT2D eigenvalue weighted by atomic mass is 9.92. The highest BCUT2D eigenvalue weighted by atomic mass is 16.3. The molecule has 30 heavy (non-hydrogen) atoms. The smallest absolute Gasteiger partial charge is 0.190 e. The van der Waals surface area contributed by atoms with Crippen molar-refractivity contribution in [3.8, 4) is 0 Å². The Labute approximate surface area is 169 Å². The van der Waals surface area contributed by atoms with E-state index >= 15 is 0 Å². The number of benzene rings is 4. The highest BCUT2D eigenvalue weighted by Gasteiger charge is 2.23. The van der Waals surface area contributed by atoms with Gasteiger partial charge in [-0.15, -0.1) is 0 Å². The molecule has 0 N–H and O–H groups in total. The normalized spacial score (nSPS) is 12.5. The lowest BCUT2D eigenvalue weighted by Crippen LogP contribution is -2.07. The quantitative estimate of drug-likeness (QED) is 0.217. The maximum absolute atomic E-state index is 12.9. The lowest BCUT2D eigenvalue weighted by Gasteiger charge is -2.16. The molecule has 0 aliphatic rings. The average Bonchev–Trinajstić information content (AvgIpc) is 2.70. The van der Waals surface area contributed by atoms with E-state index in [1.54, 1.807) is 12.1 Å². The molecule has 0 radical (unpaired) electrons. The Morgan fingerprint density at radius 2 is 1.20 bits per heavy atom. The number of ketones is 1. The van der Waals surface area contributed by atoms with Gasteiger partial charge >= 0.3 is 0 Å². The Morgan fingerprint density at radius 1 is 0.700 bits per heavy atom. The van der Waals surface area contributed by atoms with Gasteiger partial charge in [-0.2, -0.15) is 0 Å². The maximum Gasteiger partial charge on any atom is 0.190 e. The Bertz CT molecular complexity index is 1780. The molecular weight excluding hydrogens is 380 g/mol. The summed E-state index contributed by atoms with van der Waals surface area (Å²) >= 11 is 0. The fourth-order valence-electron chi connectivity index (χ4n) is 4.53. The van der Waals surface area contributed by atoms with E-state index in [0.717, 1.165) is 16.3 Å². The number of hydrogen-bond donors (Lipinski definition) is 0. The van der Waals surface area contributed by atoms with Crippen molar-refractivity contribution in [1.29, 1.82) is 0 Å². The molecule has 2 aromatic heterocycles. The molecule has 0 unspecified atom stereocenters. The molecule has 6 rings (SSSR count). The molecule has 146 valence electrons. The van der Waals surface area contributed by atoms with Crippen molar-refractivity contribution in [3.05, 3.63) is 68.0 Å². The highest BCUT2D eigenvalue weighted by molar-refractivity contribution is 6.32. The molecule has 6 aromatic rings. The number of hydrogen-bond acceptors (Lipinski definition) is 5. The third kappa shape index (κ3) is 2.04. The molecule has 0 aliphatic carbocycles. The van der Waals surface area contributed by atoms with Gasteiger partial charge in [-0.05, 0) is 42.7 Å². The minimum Gasteiger partial charge on any atom is -0.456 e. The van der Waals surface area contributed by atoms with Crippen molar-refractivity contribution in [2.45, 2.75) is 26.7 Å². The largest absolute Gasteiger partial charge is 0.456 e. The molecular formula is C25H16O5. The van der Waals surface area contributed by atoms with Crippen molar-refractivity contribution in [2.24, 2.45) is 0 Å². The van der Waals surface area contributed by atoms with Crippen LogP contribution in [0, 0.1) is 0 Å². The van der Waals surface area contributed by atoms with Crippen LogP contribution in [0.4, 0.5) is 0 Å². The van der Waals surface area contributed by atoms with Gasteiger partial charge in [0.1, 0.15) is 22.3 Å². The van der Waals surface area contributed by atoms with Crippen molar-refractivity contribution in [3.63, 3.8) is 0 Å². The van der Waals surface area contributed by atoms with Gasteiger partial charge in [0.15, 0.2) is 16.6 Å². The number of Topliss-reactive ketones (excluding diaryl/α,β-unsaturated/α-hetero) is 1. The van der Waals surface area contributed by atoms with Gasteiger partial charge in [0.25, 0.3) is 0 Å². The first-order valence-electron chi connectivity index (χ1n) is 9.84. The minimum atomic E-state index is -0.236. The van der Waals surface area contributed by atoms with Gasteiger partial charge in [-0.25, -0.2) is 0 Å². The second-order valence-electron chi connectivity index (χ2n) is 8.25. The molecule has 0 fully saturated rings. The van der Waals surface area contributed by atoms with Crippen molar-refractivity contribution in [1.82, 2.24) is 0 Å². The van der Waals surface area contributed by atoms with Gasteiger partial charge in [0.2, 0.25) is 0 Å². The first-order chi connectivity index (χ1) is 14.3. The minimum absolute atomic E-state index is 0.151. The van der Waals surface area contributed by atoms with Crippen LogP contribution in [-0.4, -0.2) is 5.78 Å². The molecule has 0 aliphatic heterocycles. The van der Waals surface area contributed by atoms with Crippen LogP contribution in [0.25, 0.3) is 54.6 Å². The fourth-order valence-corrected chi connectivity index (χ4v) is 4.53. The van der Waals surface area contributed by atoms with Gasteiger partial charge in [-0.3, -0.25) is 14.4 Å². The van der Waals surface area contributed by atoms with Crippen molar-refractivity contribution >= 4 is 60.4 Å². The SMILES string of the molecule is CC(=O)c1cc2oc3cc(=O)c4cc(C(C)C)cc5oc6cc(=O)c(c1)c2c6c3c54. The summed E-state index contributed by atoms with van der Waals surface area (Å²) in [7, 11) is 0. The molecule has 0 saturated carbocycles. The Kier molecular flexibility index (Phi) is 3.12. The summed E-state index contributed by atoms with van der Waals surface area (Å²) in [6.45, 7) is 5.55. The zero-order valence-electron chi connectivity index (χ0n) is 16.6. The highest BCUT2D eigenvalue weighted by Crippen LogP contribution is 2.42. The third-order valence-electron chi connectivity index (χ3n) is 6.04. The first-order valence-corrected chi connectivity index (χ1v) is 9.84. The summed E-state index contributed by atoms with van der Waals surface area (Å²) in [5.41, 5.74) is 2.81. The van der Waals surface area contributed by atoms with E-state index in [-0.39, 0.29) is 22.6 Å². The molecule has 0 amide bonds. The van der Waals surface area contributed by atoms with Crippen LogP contribution in [0.15, 0.2) is 54.8 Å². The predicted molar refractivity (Wildman–Crippen MR) is 118 cm³/mol. The lowest BCUT2D eigenvalue weighted by molar-refractivity contribution is 0.101. The molecule has 0 bridgehead atoms. The molecule has 0 saturated heterocycles. The van der Waals surface area contributed by atoms with Gasteiger partial charge < -0.3 is 8.83 Å². The number of carbonyl (C=O) groups is 1. The maximum atomic E-state index is 12.9. The van der Waals surface area contributed by atoms with E-state index in [2.05, 4.69) is 13.8 Å². The topological polar surface area (TPSA) is 77.5 Å². The van der Waals surface area contributed by atoms with Gasteiger partial charge in [-0.1, -0.05) is 13.8 Å². The molecule has 5 heteroatoms. The molecule has 2 heterocycles. The van der Waals surface area contributed by atoms with E-state index < -0.39 is 0 Å². The average molecular weight is 396 g/mol. The van der Waals surface area contributed by atoms with Gasteiger partial charge in [0.05, 0.1) is 0 Å². The van der Waals surface area contributed by atoms with Crippen molar-refractivity contribution in [2.75, 3.05) is 0 Å². The van der Waals surface area contributed by atoms with Crippen LogP contribution in [0.1, 0.15) is 42.6 Å². The number of rotatable bonds is 2. The van der Waals surface area contributed by atoms with Gasteiger partial charge in [0, 0.05) is 50.0 Å². The second kappa shape index (κ2) is 5.45. The zero-order chi connectivity index (χ0) is 20.9. The van der Waals surface area contributed by atoms with Crippen LogP contribution >= 0.6 is 0 Å². The molecule has 5 nitrogen and oxygen atoms in total. The fraction of sp³-hybridized carbons (Fsp3) is 0.160. The summed E-state index contributed by atoms with van der Waals surface area (Å²) in [4.78, 5) is 37.8. The molecule has 0 atom stereocenters. The van der Waals surface area contributed by atoms with Crippen LogP contribution in [0.5, 0.6) is 0 Å². The first kappa shape index (κ1) is 17.2. The Balaban J connectivity index is 1.98. The van der Waals surface area contributed by atoms with Crippen LogP contribution in [-0.2, 0) is 0 Å². The summed E-state index contributed by atoms with van der Waals surface area (Å²) in [5.74, 6) is 0.0491. The standard InChI is InChI=1S/C25H16O5/c1-10(2)12-4-14-16(27)8-21-24-22(14)18(6-12)29-20-9-17(28)15-5-13(11(3)26)7-19(30-21)23(15)25(20)24/h4-10H,1-3H3. The van der Waals surface area contributed by atoms with E-state index in [4.69, 9.17) is 8.83 Å². The van der Waals surface area contributed by atoms with Crippen LogP contribution in [0.2, 0.25) is 0 Å². The zero-order valence-corrected chi connectivity index (χ0v) is 16.6. The van der Waals surface area contributed by atoms with E-state index in [1.165, 1.54) is 19.1 Å². The Morgan fingerprint density at radius 3 is 1.73 bits per heavy atom. The summed E-state index contributed by atoms with van der Waals surface area (Å²) in [5, 5.41) is 3.82. The molecule has 4 aromatic carbocycles. The second-order valence-corrected chi connectivity index (χ2v) is 8.25.